The molecule has 1 aromatic carbocycles. The van der Waals surface area contributed by atoms with E-state index in [-0.39, 0.29) is 17.2 Å². The smallest absolute Gasteiger partial charge is 0.244 e. The predicted octanol–water partition coefficient (Wildman–Crippen LogP) is 1.82. The highest BCUT2D eigenvalue weighted by Crippen LogP contribution is 2.29. The molecule has 0 fully saturated rings. The van der Waals surface area contributed by atoms with Crippen LogP contribution in [0.2, 0.25) is 0 Å². The summed E-state index contributed by atoms with van der Waals surface area (Å²) in [5.41, 5.74) is 0. The Morgan fingerprint density at radius 2 is 1.85 bits per heavy atom. The maximum absolute atomic E-state index is 12.7. The topological polar surface area (TPSA) is 93.7 Å². The van der Waals surface area contributed by atoms with E-state index in [9.17, 15) is 8.42 Å². The van der Waals surface area contributed by atoms with E-state index < -0.39 is 10.0 Å². The van der Waals surface area contributed by atoms with Gasteiger partial charge in [-0.3, -0.25) is 0 Å². The summed E-state index contributed by atoms with van der Waals surface area (Å²) in [5, 5.41) is 0. The molecular weight excluding hydrogens is 356 g/mol. The van der Waals surface area contributed by atoms with Crippen molar-refractivity contribution in [3.05, 3.63) is 36.3 Å². The molecule has 1 N–H and O–H groups in total. The lowest BCUT2D eigenvalue weighted by Gasteiger charge is -2.14. The van der Waals surface area contributed by atoms with E-state index in [1.165, 1.54) is 6.07 Å². The third-order valence-corrected chi connectivity index (χ3v) is 4.83. The second-order valence-electron chi connectivity index (χ2n) is 5.52. The summed E-state index contributed by atoms with van der Waals surface area (Å²) in [4.78, 5) is 10.3. The molecule has 2 aromatic rings. The molecular formula is C17H24N4O4S. The Bertz CT molecular complexity index is 840. The number of sulfonamides is 1. The molecule has 0 aliphatic heterocycles. The van der Waals surface area contributed by atoms with Crippen LogP contribution in [0.3, 0.4) is 0 Å². The molecule has 2 rings (SSSR count). The van der Waals surface area contributed by atoms with Gasteiger partial charge in [-0.05, 0) is 32.0 Å². The molecule has 0 bridgehead atoms. The lowest BCUT2D eigenvalue weighted by molar-refractivity contribution is 0.317. The molecule has 26 heavy (non-hydrogen) atoms. The van der Waals surface area contributed by atoms with Crippen molar-refractivity contribution in [3.8, 4) is 11.5 Å². The van der Waals surface area contributed by atoms with Crippen LogP contribution in [0, 0.1) is 0 Å². The van der Waals surface area contributed by atoms with Crippen molar-refractivity contribution in [2.45, 2.75) is 25.3 Å². The Kier molecular flexibility index (Phi) is 6.76. The van der Waals surface area contributed by atoms with Gasteiger partial charge in [0.1, 0.15) is 28.0 Å². The maximum Gasteiger partial charge on any atom is 0.244 e. The average molecular weight is 380 g/mol. The van der Waals surface area contributed by atoms with Gasteiger partial charge in [0.25, 0.3) is 0 Å². The molecule has 0 saturated carbocycles. The highest BCUT2D eigenvalue weighted by Gasteiger charge is 2.21. The number of anilines is 1. The van der Waals surface area contributed by atoms with E-state index in [0.717, 1.165) is 0 Å². The number of aromatic nitrogens is 2. The molecule has 0 spiro atoms. The molecule has 9 heteroatoms. The second-order valence-corrected chi connectivity index (χ2v) is 7.26. The summed E-state index contributed by atoms with van der Waals surface area (Å²) in [5.74, 6) is 1.87. The standard InChI is InChI=1S/C17H24N4O4S/c1-5-24-13-7-8-15(14(11-13)25-6-2)26(22,23)19-12-16-18-10-9-17(20-16)21(3)4/h7-11,19H,5-6,12H2,1-4H3. The van der Waals surface area contributed by atoms with Gasteiger partial charge in [0.15, 0.2) is 0 Å². The first-order chi connectivity index (χ1) is 12.4. The zero-order chi connectivity index (χ0) is 19.2. The number of hydrogen-bond donors (Lipinski definition) is 1. The van der Waals surface area contributed by atoms with Gasteiger partial charge < -0.3 is 14.4 Å². The van der Waals surface area contributed by atoms with Crippen molar-refractivity contribution >= 4 is 15.8 Å². The quantitative estimate of drug-likeness (QED) is 0.709. The summed E-state index contributed by atoms with van der Waals surface area (Å²) in [6, 6.07) is 6.39. The number of benzene rings is 1. The fraction of sp³-hybridized carbons (Fsp3) is 0.412. The van der Waals surface area contributed by atoms with Crippen LogP contribution in [0.1, 0.15) is 19.7 Å². The third-order valence-electron chi connectivity index (χ3n) is 3.38. The van der Waals surface area contributed by atoms with Crippen molar-refractivity contribution in [2.75, 3.05) is 32.2 Å². The first-order valence-electron chi connectivity index (χ1n) is 8.26. The Morgan fingerprint density at radius 3 is 2.50 bits per heavy atom. The SMILES string of the molecule is CCOc1ccc(S(=O)(=O)NCc2nccc(N(C)C)n2)c(OCC)c1. The Labute approximate surface area is 154 Å². The van der Waals surface area contributed by atoms with E-state index >= 15 is 0 Å². The normalized spacial score (nSPS) is 11.2. The maximum atomic E-state index is 12.7. The molecule has 0 aliphatic rings. The number of ether oxygens (including phenoxy) is 2. The van der Waals surface area contributed by atoms with Gasteiger partial charge in [-0.1, -0.05) is 0 Å². The largest absolute Gasteiger partial charge is 0.494 e. The second kappa shape index (κ2) is 8.81. The molecule has 8 nitrogen and oxygen atoms in total. The highest BCUT2D eigenvalue weighted by atomic mass is 32.2. The van der Waals surface area contributed by atoms with Gasteiger partial charge in [-0.15, -0.1) is 0 Å². The van der Waals surface area contributed by atoms with Crippen LogP contribution in [-0.2, 0) is 16.6 Å². The summed E-state index contributed by atoms with van der Waals surface area (Å²) >= 11 is 0. The Morgan fingerprint density at radius 1 is 1.12 bits per heavy atom. The molecule has 0 aliphatic carbocycles. The molecule has 0 atom stereocenters. The fourth-order valence-corrected chi connectivity index (χ4v) is 3.30. The number of rotatable bonds is 9. The zero-order valence-corrected chi connectivity index (χ0v) is 16.2. The van der Waals surface area contributed by atoms with Gasteiger partial charge in [0.2, 0.25) is 10.0 Å². The minimum atomic E-state index is -3.80. The molecule has 0 amide bonds. The van der Waals surface area contributed by atoms with Crippen LogP contribution in [0.25, 0.3) is 0 Å². The first-order valence-corrected chi connectivity index (χ1v) is 9.74. The molecule has 1 aromatic heterocycles. The predicted molar refractivity (Wildman–Crippen MR) is 99.2 cm³/mol. The average Bonchev–Trinajstić information content (AvgIpc) is 2.61. The van der Waals surface area contributed by atoms with E-state index in [1.54, 1.807) is 31.3 Å². The number of nitrogens with one attached hydrogen (secondary N) is 1. The molecule has 0 unspecified atom stereocenters. The van der Waals surface area contributed by atoms with Crippen LogP contribution in [-0.4, -0.2) is 45.7 Å². The first kappa shape index (κ1) is 19.9. The summed E-state index contributed by atoms with van der Waals surface area (Å²) in [6.45, 7) is 4.44. The van der Waals surface area contributed by atoms with Crippen LogP contribution >= 0.6 is 0 Å². The summed E-state index contributed by atoms with van der Waals surface area (Å²) in [6.07, 6.45) is 1.59. The van der Waals surface area contributed by atoms with Crippen molar-refractivity contribution in [1.82, 2.24) is 14.7 Å². The summed E-state index contributed by atoms with van der Waals surface area (Å²) in [7, 11) is -0.0968. The Hall–Kier alpha value is -2.39. The van der Waals surface area contributed by atoms with Crippen LogP contribution in [0.4, 0.5) is 5.82 Å². The lowest BCUT2D eigenvalue weighted by atomic mass is 10.3. The van der Waals surface area contributed by atoms with Gasteiger partial charge in [-0.25, -0.2) is 23.1 Å². The summed E-state index contributed by atoms with van der Waals surface area (Å²) < 4.78 is 38.8. The Balaban J connectivity index is 2.22. The fourth-order valence-electron chi connectivity index (χ4n) is 2.20. The van der Waals surface area contributed by atoms with Gasteiger partial charge in [0, 0.05) is 26.4 Å². The minimum absolute atomic E-state index is 0.0250. The van der Waals surface area contributed by atoms with Crippen molar-refractivity contribution < 1.29 is 17.9 Å². The van der Waals surface area contributed by atoms with Gasteiger partial charge in [-0.2, -0.15) is 0 Å². The van der Waals surface area contributed by atoms with Crippen molar-refractivity contribution in [1.29, 1.82) is 0 Å². The minimum Gasteiger partial charge on any atom is -0.494 e. The van der Waals surface area contributed by atoms with Crippen LogP contribution < -0.4 is 19.1 Å². The molecule has 0 saturated heterocycles. The van der Waals surface area contributed by atoms with Gasteiger partial charge in [0.05, 0.1) is 19.8 Å². The van der Waals surface area contributed by atoms with E-state index in [2.05, 4.69) is 14.7 Å². The van der Waals surface area contributed by atoms with Crippen molar-refractivity contribution in [3.63, 3.8) is 0 Å². The number of nitrogens with zero attached hydrogens (tertiary/aromatic N) is 3. The third kappa shape index (κ3) is 5.06. The molecule has 142 valence electrons. The highest BCUT2D eigenvalue weighted by molar-refractivity contribution is 7.89. The van der Waals surface area contributed by atoms with Crippen LogP contribution in [0.5, 0.6) is 11.5 Å². The molecule has 1 heterocycles. The zero-order valence-electron chi connectivity index (χ0n) is 15.4. The van der Waals surface area contributed by atoms with E-state index in [1.807, 2.05) is 25.9 Å². The van der Waals surface area contributed by atoms with Crippen LogP contribution in [0.15, 0.2) is 35.4 Å². The van der Waals surface area contributed by atoms with Crippen molar-refractivity contribution in [2.24, 2.45) is 0 Å². The number of hydrogen-bond acceptors (Lipinski definition) is 7. The monoisotopic (exact) mass is 380 g/mol. The van der Waals surface area contributed by atoms with E-state index in [4.69, 9.17) is 9.47 Å². The molecule has 0 radical (unpaired) electrons. The lowest BCUT2D eigenvalue weighted by Crippen LogP contribution is -2.25. The van der Waals surface area contributed by atoms with E-state index in [0.29, 0.717) is 30.6 Å². The van der Waals surface area contributed by atoms with Gasteiger partial charge >= 0.3 is 0 Å².